The fourth-order valence-corrected chi connectivity index (χ4v) is 12.5. The molecule has 0 unspecified atom stereocenters. The maximum atomic E-state index is 12.0. The van der Waals surface area contributed by atoms with Crippen LogP contribution < -0.4 is 0 Å². The first-order chi connectivity index (χ1) is 38.7. The van der Waals surface area contributed by atoms with E-state index in [0.29, 0.717) is 34.4 Å². The van der Waals surface area contributed by atoms with Crippen molar-refractivity contribution in [3.8, 4) is 63.0 Å². The maximum absolute atomic E-state index is 12.0. The van der Waals surface area contributed by atoms with Crippen molar-refractivity contribution in [1.29, 1.82) is 5.26 Å². The molecule has 1 aliphatic carbocycles. The third-order valence-corrected chi connectivity index (χ3v) is 15.9. The van der Waals surface area contributed by atoms with Crippen LogP contribution in [0.15, 0.2) is 237 Å². The van der Waals surface area contributed by atoms with Crippen LogP contribution in [0, 0.1) is 11.3 Å². The fraction of sp³-hybridized carbons (Fsp3) is 0.0286. The molecule has 0 N–H and O–H groups in total. The number of aromatic nitrogens is 7. The average Bonchev–Trinajstić information content (AvgIpc) is 4.39. The Labute approximate surface area is 447 Å². The second-order valence-electron chi connectivity index (χ2n) is 20.2. The predicted molar refractivity (Wildman–Crippen MR) is 318 cm³/mol. The monoisotopic (exact) mass is 996 g/mol. The maximum Gasteiger partial charge on any atom is 0.164 e. The molecular formula is C70H44N8. The molecule has 0 radical (unpaired) electrons. The van der Waals surface area contributed by atoms with Crippen molar-refractivity contribution in [1.82, 2.24) is 33.2 Å². The molecule has 8 heteroatoms. The van der Waals surface area contributed by atoms with Gasteiger partial charge in [-0.3, -0.25) is 0 Å². The molecule has 0 amide bonds. The Bertz CT molecular complexity index is 4930. The molecule has 0 aliphatic heterocycles. The lowest BCUT2D eigenvalue weighted by molar-refractivity contribution is 0.889. The minimum atomic E-state index is 0.491. The first-order valence-corrected chi connectivity index (χ1v) is 26.5. The molecule has 78 heavy (non-hydrogen) atoms. The van der Waals surface area contributed by atoms with Crippen molar-refractivity contribution in [3.63, 3.8) is 0 Å². The largest absolute Gasteiger partial charge is 0.313 e. The van der Waals surface area contributed by atoms with Crippen LogP contribution in [-0.2, 0) is 6.42 Å². The van der Waals surface area contributed by atoms with Gasteiger partial charge in [-0.1, -0.05) is 164 Å². The van der Waals surface area contributed by atoms with Crippen molar-refractivity contribution in [3.05, 3.63) is 253 Å². The van der Waals surface area contributed by atoms with Crippen molar-refractivity contribution in [2.45, 2.75) is 12.8 Å². The number of hydrogen-bond acceptors (Lipinski definition) is 4. The standard InChI is InChI=1S/C70H44N8/c71-43-57-66(77-62-33-17-11-27-53(62)55-41-47(35-37-64(55)77)75-58-29-13-7-23-49(58)50-24-8-14-30-59(50)75)39-46(70-73-68(44-19-3-1-4-20-44)72-69(74-70)45-21-5-2-6-22-45)40-67(57)78-63-34-18-12-28-54(63)56-42-48(36-38-65(56)78)76-60-31-15-9-25-51(60)52-26-10-16-32-61(52)76/h1-15,17-31,33-42H,16,32H2. The van der Waals surface area contributed by atoms with Crippen LogP contribution in [0.1, 0.15) is 23.2 Å². The summed E-state index contributed by atoms with van der Waals surface area (Å²) in [6.07, 6.45) is 6.53. The van der Waals surface area contributed by atoms with Gasteiger partial charge in [-0.2, -0.15) is 5.26 Å². The van der Waals surface area contributed by atoms with Gasteiger partial charge in [-0.25, -0.2) is 15.0 Å². The SMILES string of the molecule is N#Cc1c(-n2c3ccccc3c3cc(-n4c5c(c6ccccc64)C=CCC5)ccc32)cc(-c2nc(-c3ccccc3)nc(-c3ccccc3)n2)cc1-n1c2ccccc2c2cc(-n3c4ccccc4c4ccccc43)ccc21. The fourth-order valence-electron chi connectivity index (χ4n) is 12.5. The van der Waals surface area contributed by atoms with E-state index in [1.54, 1.807) is 0 Å². The number of benzene rings is 10. The zero-order valence-corrected chi connectivity index (χ0v) is 42.1. The lowest BCUT2D eigenvalue weighted by atomic mass is 10.0. The Hall–Kier alpha value is -10.6. The van der Waals surface area contributed by atoms with Crippen LogP contribution >= 0.6 is 0 Å². The highest BCUT2D eigenvalue weighted by molar-refractivity contribution is 6.14. The van der Waals surface area contributed by atoms with E-state index >= 15 is 0 Å². The van der Waals surface area contributed by atoms with Crippen molar-refractivity contribution in [2.75, 3.05) is 0 Å². The summed E-state index contributed by atoms with van der Waals surface area (Å²) in [7, 11) is 0. The van der Waals surface area contributed by atoms with E-state index in [9.17, 15) is 5.26 Å². The Morgan fingerprint density at radius 3 is 1.22 bits per heavy atom. The zero-order chi connectivity index (χ0) is 51.4. The van der Waals surface area contributed by atoms with Crippen molar-refractivity contribution in [2.24, 2.45) is 0 Å². The Kier molecular flexibility index (Phi) is 9.66. The Morgan fingerprint density at radius 2 is 0.731 bits per heavy atom. The number of allylic oxidation sites excluding steroid dienone is 1. The number of rotatable bonds is 7. The summed E-state index contributed by atoms with van der Waals surface area (Å²) in [6.45, 7) is 0. The smallest absolute Gasteiger partial charge is 0.164 e. The first-order valence-electron chi connectivity index (χ1n) is 26.5. The van der Waals surface area contributed by atoms with Gasteiger partial charge in [0.05, 0.1) is 50.0 Å². The minimum absolute atomic E-state index is 0.491. The number of hydrogen-bond donors (Lipinski definition) is 0. The molecule has 5 heterocycles. The van der Waals surface area contributed by atoms with Gasteiger partial charge >= 0.3 is 0 Å². The Balaban J connectivity index is 0.989. The van der Waals surface area contributed by atoms with Gasteiger partial charge in [0, 0.05) is 77.0 Å². The van der Waals surface area contributed by atoms with Gasteiger partial charge in [0.1, 0.15) is 11.6 Å². The van der Waals surface area contributed by atoms with E-state index in [2.05, 4.69) is 206 Å². The zero-order valence-electron chi connectivity index (χ0n) is 42.1. The van der Waals surface area contributed by atoms with Gasteiger partial charge in [0.15, 0.2) is 17.5 Å². The molecule has 16 rings (SSSR count). The van der Waals surface area contributed by atoms with Gasteiger partial charge in [0.2, 0.25) is 0 Å². The van der Waals surface area contributed by atoms with E-state index < -0.39 is 0 Å². The van der Waals surface area contributed by atoms with Crippen molar-refractivity contribution >= 4 is 82.4 Å². The molecule has 0 spiro atoms. The molecule has 15 aromatic rings. The second kappa shape index (κ2) is 17.2. The lowest BCUT2D eigenvalue weighted by Crippen LogP contribution is -2.07. The molecule has 10 aromatic carbocycles. The molecule has 0 bridgehead atoms. The van der Waals surface area contributed by atoms with Crippen LogP contribution in [0.25, 0.3) is 139 Å². The summed E-state index contributed by atoms with van der Waals surface area (Å²) in [4.78, 5) is 15.7. The van der Waals surface area contributed by atoms with E-state index in [-0.39, 0.29) is 0 Å². The highest BCUT2D eigenvalue weighted by Crippen LogP contribution is 2.43. The number of nitrogens with zero attached hydrogens (tertiary/aromatic N) is 8. The third-order valence-electron chi connectivity index (χ3n) is 15.9. The van der Waals surface area contributed by atoms with Crippen LogP contribution in [0.4, 0.5) is 0 Å². The van der Waals surface area contributed by atoms with Gasteiger partial charge in [-0.05, 0) is 91.7 Å². The molecular weight excluding hydrogens is 953 g/mol. The first kappa shape index (κ1) is 43.7. The molecule has 364 valence electrons. The number of fused-ring (bicyclic) bond motifs is 12. The Morgan fingerprint density at radius 1 is 0.346 bits per heavy atom. The van der Waals surface area contributed by atoms with E-state index in [1.165, 1.54) is 32.9 Å². The highest BCUT2D eigenvalue weighted by Gasteiger charge is 2.26. The molecule has 1 aliphatic rings. The third kappa shape index (κ3) is 6.55. The summed E-state index contributed by atoms with van der Waals surface area (Å²) in [5, 5.41) is 19.9. The van der Waals surface area contributed by atoms with Crippen LogP contribution in [0.3, 0.4) is 0 Å². The van der Waals surface area contributed by atoms with E-state index in [4.69, 9.17) is 15.0 Å². The van der Waals surface area contributed by atoms with Gasteiger partial charge in [0.25, 0.3) is 0 Å². The van der Waals surface area contributed by atoms with Gasteiger partial charge in [-0.15, -0.1) is 0 Å². The normalized spacial score (nSPS) is 12.4. The highest BCUT2D eigenvalue weighted by atomic mass is 15.1. The van der Waals surface area contributed by atoms with Gasteiger partial charge < -0.3 is 18.3 Å². The molecule has 0 atom stereocenters. The summed E-state index contributed by atoms with van der Waals surface area (Å²) < 4.78 is 9.36. The summed E-state index contributed by atoms with van der Waals surface area (Å²) in [5.74, 6) is 1.60. The van der Waals surface area contributed by atoms with E-state index in [0.717, 1.165) is 95.6 Å². The topological polar surface area (TPSA) is 82.2 Å². The molecule has 0 saturated heterocycles. The number of nitriles is 1. The van der Waals surface area contributed by atoms with E-state index in [1.807, 2.05) is 60.7 Å². The second-order valence-corrected chi connectivity index (χ2v) is 20.2. The average molecular weight is 997 g/mol. The summed E-state index contributed by atoms with van der Waals surface area (Å²) in [5.41, 5.74) is 16.6. The summed E-state index contributed by atoms with van der Waals surface area (Å²) in [6, 6.07) is 83.8. The minimum Gasteiger partial charge on any atom is -0.313 e. The molecule has 5 aromatic heterocycles. The van der Waals surface area contributed by atoms with Crippen LogP contribution in [-0.4, -0.2) is 33.2 Å². The summed E-state index contributed by atoms with van der Waals surface area (Å²) >= 11 is 0. The van der Waals surface area contributed by atoms with Crippen molar-refractivity contribution < 1.29 is 0 Å². The molecule has 8 nitrogen and oxygen atoms in total. The molecule has 0 fully saturated rings. The quantitative estimate of drug-likeness (QED) is 0.159. The van der Waals surface area contributed by atoms with Crippen LogP contribution in [0.2, 0.25) is 0 Å². The lowest BCUT2D eigenvalue weighted by Gasteiger charge is -2.18. The number of para-hydroxylation sites is 5. The van der Waals surface area contributed by atoms with Crippen LogP contribution in [0.5, 0.6) is 0 Å². The molecule has 0 saturated carbocycles. The predicted octanol–water partition coefficient (Wildman–Crippen LogP) is 16.9.